The molecule has 0 aromatic heterocycles. The summed E-state index contributed by atoms with van der Waals surface area (Å²) in [6.45, 7) is 0.726. The quantitative estimate of drug-likeness (QED) is 0.885. The molecule has 1 aromatic carbocycles. The fourth-order valence-electron chi connectivity index (χ4n) is 2.19. The molecule has 21 heavy (non-hydrogen) atoms. The largest absolute Gasteiger partial charge is 0.481 e. The summed E-state index contributed by atoms with van der Waals surface area (Å²) in [5, 5.41) is 12.3. The summed E-state index contributed by atoms with van der Waals surface area (Å²) in [5.74, 6) is -1.66. The van der Waals surface area contributed by atoms with E-state index in [4.69, 9.17) is 21.4 Å². The third-order valence-electron chi connectivity index (χ3n) is 3.36. The number of carbonyl (C=O) groups is 2. The Morgan fingerprint density at radius 2 is 2.24 bits per heavy atom. The number of urea groups is 1. The first-order valence-electron chi connectivity index (χ1n) is 6.54. The van der Waals surface area contributed by atoms with E-state index in [-0.39, 0.29) is 19.2 Å². The first-order valence-corrected chi connectivity index (χ1v) is 6.92. The molecule has 2 N–H and O–H groups in total. The van der Waals surface area contributed by atoms with E-state index >= 15 is 0 Å². The lowest BCUT2D eigenvalue weighted by Gasteiger charge is -2.22. The van der Waals surface area contributed by atoms with E-state index in [2.05, 4.69) is 5.32 Å². The molecule has 0 saturated carbocycles. The molecule has 6 nitrogen and oxygen atoms in total. The minimum atomic E-state index is -0.963. The number of hydrogen-bond donors (Lipinski definition) is 2. The number of carboxylic acid groups (broad SMARTS) is 1. The molecule has 0 aliphatic carbocycles. The van der Waals surface area contributed by atoms with Crippen molar-refractivity contribution in [2.75, 3.05) is 20.3 Å². The van der Waals surface area contributed by atoms with Gasteiger partial charge in [-0.15, -0.1) is 0 Å². The van der Waals surface area contributed by atoms with E-state index in [0.29, 0.717) is 11.6 Å². The van der Waals surface area contributed by atoms with Crippen molar-refractivity contribution >= 4 is 23.6 Å². The van der Waals surface area contributed by atoms with Crippen molar-refractivity contribution < 1.29 is 19.4 Å². The van der Waals surface area contributed by atoms with Gasteiger partial charge < -0.3 is 20.1 Å². The predicted molar refractivity (Wildman–Crippen MR) is 77.2 cm³/mol. The Hall–Kier alpha value is -1.79. The second-order valence-electron chi connectivity index (χ2n) is 5.02. The Morgan fingerprint density at radius 1 is 1.48 bits per heavy atom. The van der Waals surface area contributed by atoms with Gasteiger partial charge >= 0.3 is 12.0 Å². The van der Waals surface area contributed by atoms with Gasteiger partial charge in [0.05, 0.1) is 19.3 Å². The van der Waals surface area contributed by atoms with Crippen LogP contribution >= 0.6 is 11.6 Å². The normalized spacial score (nSPS) is 21.0. The molecule has 7 heteroatoms. The molecule has 0 spiro atoms. The number of benzene rings is 1. The Balaban J connectivity index is 1.92. The minimum absolute atomic E-state index is 0.123. The molecular formula is C14H17ClN2O4. The van der Waals surface area contributed by atoms with E-state index in [0.717, 1.165) is 5.56 Å². The number of carbonyl (C=O) groups excluding carboxylic acids is 1. The minimum Gasteiger partial charge on any atom is -0.481 e. The second-order valence-corrected chi connectivity index (χ2v) is 5.46. The highest BCUT2D eigenvalue weighted by atomic mass is 35.5. The maximum atomic E-state index is 12.1. The van der Waals surface area contributed by atoms with Gasteiger partial charge in [0, 0.05) is 18.6 Å². The highest BCUT2D eigenvalue weighted by Crippen LogP contribution is 2.15. The third-order valence-corrected chi connectivity index (χ3v) is 3.60. The fourth-order valence-corrected chi connectivity index (χ4v) is 2.40. The van der Waals surface area contributed by atoms with Gasteiger partial charge in [-0.05, 0) is 17.7 Å². The number of halogens is 1. The lowest BCUT2D eigenvalue weighted by atomic mass is 10.0. The standard InChI is InChI=1S/C14H17ClN2O4/c1-17(6-9-3-2-4-10(15)5-9)14(20)16-12-8-21-7-11(12)13(18)19/h2-5,11-12H,6-8H2,1H3,(H,16,20)(H,18,19). The molecule has 1 heterocycles. The van der Waals surface area contributed by atoms with E-state index < -0.39 is 17.9 Å². The van der Waals surface area contributed by atoms with Crippen molar-refractivity contribution in [3.63, 3.8) is 0 Å². The van der Waals surface area contributed by atoms with E-state index in [1.54, 1.807) is 19.2 Å². The van der Waals surface area contributed by atoms with Crippen LogP contribution in [0, 0.1) is 5.92 Å². The Bertz CT molecular complexity index is 537. The van der Waals surface area contributed by atoms with Crippen LogP contribution in [0.4, 0.5) is 4.79 Å². The number of amides is 2. The molecule has 2 atom stereocenters. The fraction of sp³-hybridized carbons (Fsp3) is 0.429. The summed E-state index contributed by atoms with van der Waals surface area (Å²) in [6.07, 6.45) is 0. The van der Waals surface area contributed by atoms with E-state index in [1.165, 1.54) is 4.90 Å². The summed E-state index contributed by atoms with van der Waals surface area (Å²) < 4.78 is 5.11. The van der Waals surface area contributed by atoms with Gasteiger partial charge in [0.25, 0.3) is 0 Å². The van der Waals surface area contributed by atoms with Gasteiger partial charge in [-0.25, -0.2) is 4.79 Å². The van der Waals surface area contributed by atoms with Crippen LogP contribution in [-0.4, -0.2) is 48.3 Å². The Kier molecular flexibility index (Phi) is 5.03. The lowest BCUT2D eigenvalue weighted by Crippen LogP contribution is -2.47. The molecule has 114 valence electrons. The topological polar surface area (TPSA) is 78.9 Å². The number of nitrogens with zero attached hydrogens (tertiary/aromatic N) is 1. The molecule has 1 saturated heterocycles. The molecule has 2 rings (SSSR count). The van der Waals surface area contributed by atoms with Gasteiger partial charge in [0.2, 0.25) is 0 Å². The van der Waals surface area contributed by atoms with Crippen molar-refractivity contribution in [2.24, 2.45) is 5.92 Å². The smallest absolute Gasteiger partial charge is 0.317 e. The predicted octanol–water partition coefficient (Wildman–Crippen LogP) is 1.58. The molecule has 1 aromatic rings. The summed E-state index contributed by atoms with van der Waals surface area (Å²) in [6, 6.07) is 6.39. The average molecular weight is 313 g/mol. The molecule has 1 aliphatic heterocycles. The summed E-state index contributed by atoms with van der Waals surface area (Å²) >= 11 is 5.90. The first-order chi connectivity index (χ1) is 9.97. The zero-order chi connectivity index (χ0) is 15.4. The molecule has 2 amide bonds. The van der Waals surface area contributed by atoms with Crippen LogP contribution in [0.2, 0.25) is 5.02 Å². The number of carboxylic acids is 1. The summed E-state index contributed by atoms with van der Waals surface area (Å²) in [4.78, 5) is 24.6. The number of ether oxygens (including phenoxy) is 1. The van der Waals surface area contributed by atoms with Crippen molar-refractivity contribution in [1.82, 2.24) is 10.2 Å². The zero-order valence-electron chi connectivity index (χ0n) is 11.6. The van der Waals surface area contributed by atoms with E-state index in [1.807, 2.05) is 12.1 Å². The third kappa shape index (κ3) is 4.09. The second kappa shape index (κ2) is 6.78. The number of hydrogen-bond acceptors (Lipinski definition) is 3. The van der Waals surface area contributed by atoms with Crippen molar-refractivity contribution in [1.29, 1.82) is 0 Å². The molecular weight excluding hydrogens is 296 g/mol. The highest BCUT2D eigenvalue weighted by molar-refractivity contribution is 6.30. The summed E-state index contributed by atoms with van der Waals surface area (Å²) in [5.41, 5.74) is 0.901. The SMILES string of the molecule is CN(Cc1cccc(Cl)c1)C(=O)NC1COCC1C(=O)O. The van der Waals surface area contributed by atoms with Crippen LogP contribution in [0.5, 0.6) is 0 Å². The van der Waals surface area contributed by atoms with Gasteiger partial charge in [-0.1, -0.05) is 23.7 Å². The van der Waals surface area contributed by atoms with Crippen LogP contribution in [-0.2, 0) is 16.1 Å². The van der Waals surface area contributed by atoms with Gasteiger partial charge in [-0.2, -0.15) is 0 Å². The van der Waals surface area contributed by atoms with Gasteiger partial charge in [0.15, 0.2) is 0 Å². The van der Waals surface area contributed by atoms with Crippen molar-refractivity contribution in [2.45, 2.75) is 12.6 Å². The average Bonchev–Trinajstić information content (AvgIpc) is 2.87. The lowest BCUT2D eigenvalue weighted by molar-refractivity contribution is -0.142. The number of rotatable bonds is 4. The van der Waals surface area contributed by atoms with E-state index in [9.17, 15) is 9.59 Å². The molecule has 2 unspecified atom stereocenters. The maximum Gasteiger partial charge on any atom is 0.317 e. The van der Waals surface area contributed by atoms with Crippen LogP contribution in [0.3, 0.4) is 0 Å². The van der Waals surface area contributed by atoms with Gasteiger partial charge in [-0.3, -0.25) is 4.79 Å². The van der Waals surface area contributed by atoms with Crippen LogP contribution < -0.4 is 5.32 Å². The van der Waals surface area contributed by atoms with Crippen LogP contribution in [0.1, 0.15) is 5.56 Å². The Labute approximate surface area is 127 Å². The van der Waals surface area contributed by atoms with Gasteiger partial charge in [0.1, 0.15) is 5.92 Å². The first kappa shape index (κ1) is 15.6. The molecule has 1 fully saturated rings. The Morgan fingerprint density at radius 3 is 2.90 bits per heavy atom. The molecule has 0 bridgehead atoms. The summed E-state index contributed by atoms with van der Waals surface area (Å²) in [7, 11) is 1.64. The van der Waals surface area contributed by atoms with Crippen molar-refractivity contribution in [3.05, 3.63) is 34.9 Å². The molecule has 0 radical (unpaired) electrons. The van der Waals surface area contributed by atoms with Crippen molar-refractivity contribution in [3.8, 4) is 0 Å². The monoisotopic (exact) mass is 312 g/mol. The highest BCUT2D eigenvalue weighted by Gasteiger charge is 2.35. The van der Waals surface area contributed by atoms with Crippen LogP contribution in [0.15, 0.2) is 24.3 Å². The number of nitrogens with one attached hydrogen (secondary N) is 1. The number of aliphatic carboxylic acids is 1. The molecule has 1 aliphatic rings. The maximum absolute atomic E-state index is 12.1. The van der Waals surface area contributed by atoms with Crippen LogP contribution in [0.25, 0.3) is 0 Å². The zero-order valence-corrected chi connectivity index (χ0v) is 12.3.